The molecule has 0 radical (unpaired) electrons. The highest BCUT2D eigenvalue weighted by atomic mass is 15.5. The first-order chi connectivity index (χ1) is 28.4. The van der Waals surface area contributed by atoms with Gasteiger partial charge in [0.25, 0.3) is 0 Å². The average molecular weight is 769 g/mol. The van der Waals surface area contributed by atoms with E-state index in [0.717, 1.165) is 154 Å². The quantitative estimate of drug-likeness (QED) is 0.122. The number of pyridine rings is 4. The number of fused-ring (bicyclic) bond motifs is 2. The first kappa shape index (κ1) is 38.8. The fourth-order valence-electron chi connectivity index (χ4n) is 8.28. The van der Waals surface area contributed by atoms with E-state index in [1.54, 1.807) is 0 Å². The molecule has 8 heteroatoms. The minimum atomic E-state index is 0.840. The molecular formula is C50H56N8. The molecule has 296 valence electrons. The summed E-state index contributed by atoms with van der Waals surface area (Å²) in [6.07, 6.45) is 6.72. The molecule has 0 saturated heterocycles. The molecule has 2 aliphatic rings. The van der Waals surface area contributed by atoms with Crippen molar-refractivity contribution in [3.05, 3.63) is 154 Å². The van der Waals surface area contributed by atoms with Crippen LogP contribution in [0, 0.1) is 0 Å². The topological polar surface area (TPSA) is 64.5 Å². The number of nitrogens with zero attached hydrogens (tertiary/aromatic N) is 8. The maximum Gasteiger partial charge on any atom is 0.166 e. The Kier molecular flexibility index (Phi) is 11.0. The van der Waals surface area contributed by atoms with Crippen LogP contribution in [0.3, 0.4) is 0 Å². The molecule has 2 aromatic carbocycles. The molecule has 0 aliphatic carbocycles. The van der Waals surface area contributed by atoms with Crippen LogP contribution in [0.25, 0.3) is 0 Å². The standard InChI is InChI=1S/C50H56N8/c1-9-33-25-41(26-34(10-2)51-33)55-45-21-17-18-22-46(45)56(42-27-35(11-3)52-36(12-4)28-42)49(55)50-57(43-29-37(13-5)53-38(14-6)30-43)47-23-19-20-24-48(47)58(50)44-31-39(15-7)54-40(16-8)32-44/h17-32H,9-16H2,1-8H3. The number of anilines is 8. The lowest BCUT2D eigenvalue weighted by Crippen LogP contribution is -2.34. The van der Waals surface area contributed by atoms with E-state index in [2.05, 4.69) is 172 Å². The van der Waals surface area contributed by atoms with Crippen molar-refractivity contribution in [3.63, 3.8) is 0 Å². The van der Waals surface area contributed by atoms with Gasteiger partial charge in [0.1, 0.15) is 0 Å². The Bertz CT molecular complexity index is 2070. The Morgan fingerprint density at radius 1 is 0.293 bits per heavy atom. The van der Waals surface area contributed by atoms with Crippen LogP contribution in [0.4, 0.5) is 45.5 Å². The SMILES string of the molecule is CCc1cc(N2C(=C3N(c4cc(CC)nc(CC)c4)c4ccccc4N3c3cc(CC)nc(CC)c3)N(c3cc(CC)nc(CC)c3)c3ccccc32)cc(CC)n1. The van der Waals surface area contributed by atoms with Crippen LogP contribution in [0.2, 0.25) is 0 Å². The lowest BCUT2D eigenvalue weighted by atomic mass is 10.1. The van der Waals surface area contributed by atoms with E-state index in [4.69, 9.17) is 19.9 Å². The van der Waals surface area contributed by atoms with Gasteiger partial charge in [-0.2, -0.15) is 0 Å². The van der Waals surface area contributed by atoms with Crippen LogP contribution in [0.15, 0.2) is 109 Å². The van der Waals surface area contributed by atoms with Gasteiger partial charge in [0.05, 0.1) is 45.5 Å². The average Bonchev–Trinajstić information content (AvgIpc) is 3.81. The second-order valence-corrected chi connectivity index (χ2v) is 15.0. The number of hydrogen-bond donors (Lipinski definition) is 0. The summed E-state index contributed by atoms with van der Waals surface area (Å²) in [6.45, 7) is 17.6. The van der Waals surface area contributed by atoms with E-state index < -0.39 is 0 Å². The van der Waals surface area contributed by atoms with Gasteiger partial charge in [-0.25, -0.2) is 0 Å². The zero-order valence-corrected chi connectivity index (χ0v) is 35.5. The predicted molar refractivity (Wildman–Crippen MR) is 240 cm³/mol. The van der Waals surface area contributed by atoms with Gasteiger partial charge in [-0.1, -0.05) is 79.7 Å². The molecule has 2 aliphatic heterocycles. The largest absolute Gasteiger partial charge is 0.291 e. The number of aromatic nitrogens is 4. The van der Waals surface area contributed by atoms with Crippen molar-refractivity contribution in [2.75, 3.05) is 19.6 Å². The molecule has 0 fully saturated rings. The third-order valence-electron chi connectivity index (χ3n) is 11.4. The van der Waals surface area contributed by atoms with E-state index in [-0.39, 0.29) is 0 Å². The van der Waals surface area contributed by atoms with Crippen LogP contribution in [0.1, 0.15) is 101 Å². The molecule has 58 heavy (non-hydrogen) atoms. The fraction of sp³-hybridized carbons (Fsp3) is 0.320. The minimum absolute atomic E-state index is 0.840. The molecule has 6 heterocycles. The Balaban J connectivity index is 1.58. The van der Waals surface area contributed by atoms with E-state index in [0.29, 0.717) is 0 Å². The van der Waals surface area contributed by atoms with Gasteiger partial charge >= 0.3 is 0 Å². The van der Waals surface area contributed by atoms with E-state index in [1.807, 2.05) is 0 Å². The van der Waals surface area contributed by atoms with Crippen LogP contribution in [-0.4, -0.2) is 19.9 Å². The van der Waals surface area contributed by atoms with Crippen molar-refractivity contribution in [2.24, 2.45) is 0 Å². The fourth-order valence-corrected chi connectivity index (χ4v) is 8.28. The highest BCUT2D eigenvalue weighted by molar-refractivity contribution is 6.00. The number of aryl methyl sites for hydroxylation is 8. The third kappa shape index (κ3) is 6.88. The monoisotopic (exact) mass is 768 g/mol. The van der Waals surface area contributed by atoms with Gasteiger partial charge in [0.15, 0.2) is 11.6 Å². The summed E-state index contributed by atoms with van der Waals surface area (Å²) in [5.41, 5.74) is 17.4. The van der Waals surface area contributed by atoms with Crippen LogP contribution < -0.4 is 19.6 Å². The Morgan fingerprint density at radius 2 is 0.466 bits per heavy atom. The van der Waals surface area contributed by atoms with Gasteiger partial charge in [-0.3, -0.25) is 39.5 Å². The summed E-state index contributed by atoms with van der Waals surface area (Å²) >= 11 is 0. The zero-order valence-electron chi connectivity index (χ0n) is 35.5. The minimum Gasteiger partial charge on any atom is -0.291 e. The number of benzene rings is 2. The van der Waals surface area contributed by atoms with Crippen molar-refractivity contribution < 1.29 is 0 Å². The Labute approximate surface area is 345 Å². The summed E-state index contributed by atoms with van der Waals surface area (Å²) in [5.74, 6) is 2.06. The molecule has 8 nitrogen and oxygen atoms in total. The molecule has 0 N–H and O–H groups in total. The van der Waals surface area contributed by atoms with Crippen molar-refractivity contribution >= 4 is 45.5 Å². The van der Waals surface area contributed by atoms with Crippen LogP contribution in [-0.2, 0) is 51.4 Å². The van der Waals surface area contributed by atoms with Gasteiger partial charge in [-0.05, 0) is 124 Å². The summed E-state index contributed by atoms with van der Waals surface area (Å²) in [7, 11) is 0. The van der Waals surface area contributed by atoms with Crippen molar-refractivity contribution in [2.45, 2.75) is 107 Å². The second-order valence-electron chi connectivity index (χ2n) is 15.0. The van der Waals surface area contributed by atoms with E-state index in [1.165, 1.54) is 0 Å². The molecule has 0 atom stereocenters. The van der Waals surface area contributed by atoms with Gasteiger partial charge in [0, 0.05) is 45.6 Å². The first-order valence-corrected chi connectivity index (χ1v) is 21.5. The highest BCUT2D eigenvalue weighted by Gasteiger charge is 2.45. The first-order valence-electron chi connectivity index (χ1n) is 21.5. The van der Waals surface area contributed by atoms with Crippen molar-refractivity contribution in [1.29, 1.82) is 0 Å². The van der Waals surface area contributed by atoms with Crippen molar-refractivity contribution in [1.82, 2.24) is 19.9 Å². The summed E-state index contributed by atoms with van der Waals surface area (Å²) in [5, 5.41) is 0. The third-order valence-corrected chi connectivity index (χ3v) is 11.4. The summed E-state index contributed by atoms with van der Waals surface area (Å²) in [4.78, 5) is 30.3. The molecule has 0 unspecified atom stereocenters. The Morgan fingerprint density at radius 3 is 0.621 bits per heavy atom. The van der Waals surface area contributed by atoms with Gasteiger partial charge in [0.2, 0.25) is 0 Å². The normalized spacial score (nSPS) is 13.5. The second kappa shape index (κ2) is 16.5. The number of rotatable bonds is 12. The molecule has 0 bridgehead atoms. The molecule has 4 aromatic heterocycles. The Hall–Kier alpha value is -6.02. The number of hydrogen-bond acceptors (Lipinski definition) is 8. The molecular weight excluding hydrogens is 713 g/mol. The van der Waals surface area contributed by atoms with Gasteiger partial charge in [-0.15, -0.1) is 0 Å². The summed E-state index contributed by atoms with van der Waals surface area (Å²) < 4.78 is 0. The summed E-state index contributed by atoms with van der Waals surface area (Å²) in [6, 6.07) is 36.0. The lowest BCUT2D eigenvalue weighted by Gasteiger charge is -2.35. The maximum absolute atomic E-state index is 5.08. The molecule has 0 saturated carbocycles. The molecule has 8 rings (SSSR count). The van der Waals surface area contributed by atoms with Crippen molar-refractivity contribution in [3.8, 4) is 0 Å². The highest BCUT2D eigenvalue weighted by Crippen LogP contribution is 2.57. The maximum atomic E-state index is 5.08. The predicted octanol–water partition coefficient (Wildman–Crippen LogP) is 12.2. The molecule has 6 aromatic rings. The molecule has 0 spiro atoms. The van der Waals surface area contributed by atoms with Crippen LogP contribution >= 0.6 is 0 Å². The lowest BCUT2D eigenvalue weighted by molar-refractivity contribution is 0.926. The van der Waals surface area contributed by atoms with Crippen LogP contribution in [0.5, 0.6) is 0 Å². The van der Waals surface area contributed by atoms with E-state index >= 15 is 0 Å². The number of para-hydroxylation sites is 4. The smallest absolute Gasteiger partial charge is 0.166 e. The van der Waals surface area contributed by atoms with Gasteiger partial charge < -0.3 is 0 Å². The zero-order chi connectivity index (χ0) is 40.5. The molecule has 0 amide bonds. The van der Waals surface area contributed by atoms with E-state index in [9.17, 15) is 0 Å².